The van der Waals surface area contributed by atoms with E-state index >= 15 is 0 Å². The van der Waals surface area contributed by atoms with Gasteiger partial charge in [-0.1, -0.05) is 0 Å². The van der Waals surface area contributed by atoms with Crippen LogP contribution in [0.15, 0.2) is 24.3 Å². The molecule has 0 aliphatic carbocycles. The molecule has 0 fully saturated rings. The van der Waals surface area contributed by atoms with Crippen molar-refractivity contribution in [1.82, 2.24) is 0 Å². The maximum Gasteiger partial charge on any atom is 0.343 e. The molecule has 5 nitrogen and oxygen atoms in total. The number of methoxy groups -OCH3 is 1. The smallest absolute Gasteiger partial charge is 0.343 e. The monoisotopic (exact) mass is 252 g/mol. The molecule has 0 bridgehead atoms. The highest BCUT2D eigenvalue weighted by Crippen LogP contribution is 2.17. The summed E-state index contributed by atoms with van der Waals surface area (Å²) < 4.78 is 9.56. The first-order valence-electron chi connectivity index (χ1n) is 5.41. The standard InChI is InChI=1S/C13H16O5/c1-13(2,16)12(15)9-4-6-10(7-5-9)18-8-11(14)17-3/h4-7,16H,8H2,1-3H3. The number of Topliss-reactive ketones (excluding diaryl/α,β-unsaturated/α-hetero) is 1. The van der Waals surface area contributed by atoms with Crippen molar-refractivity contribution < 1.29 is 24.2 Å². The van der Waals surface area contributed by atoms with E-state index in [1.54, 1.807) is 12.1 Å². The van der Waals surface area contributed by atoms with Crippen LogP contribution in [0.1, 0.15) is 24.2 Å². The van der Waals surface area contributed by atoms with Gasteiger partial charge in [-0.2, -0.15) is 0 Å². The second kappa shape index (κ2) is 5.64. The fourth-order valence-electron chi connectivity index (χ4n) is 1.26. The van der Waals surface area contributed by atoms with Crippen molar-refractivity contribution in [1.29, 1.82) is 0 Å². The molecule has 0 aliphatic heterocycles. The van der Waals surface area contributed by atoms with E-state index in [2.05, 4.69) is 4.74 Å². The van der Waals surface area contributed by atoms with Gasteiger partial charge in [0, 0.05) is 5.56 Å². The van der Waals surface area contributed by atoms with Gasteiger partial charge in [0.2, 0.25) is 0 Å². The maximum absolute atomic E-state index is 11.7. The van der Waals surface area contributed by atoms with Gasteiger partial charge in [0.25, 0.3) is 0 Å². The zero-order valence-corrected chi connectivity index (χ0v) is 10.6. The molecule has 0 radical (unpaired) electrons. The largest absolute Gasteiger partial charge is 0.482 e. The summed E-state index contributed by atoms with van der Waals surface area (Å²) in [6.45, 7) is 2.67. The SMILES string of the molecule is COC(=O)COc1ccc(C(=O)C(C)(C)O)cc1. The van der Waals surface area contributed by atoms with Crippen molar-refractivity contribution >= 4 is 11.8 Å². The minimum Gasteiger partial charge on any atom is -0.482 e. The Hall–Kier alpha value is -1.88. The van der Waals surface area contributed by atoms with Crippen LogP contribution in [0.3, 0.4) is 0 Å². The fraction of sp³-hybridized carbons (Fsp3) is 0.385. The minimum atomic E-state index is -1.41. The summed E-state index contributed by atoms with van der Waals surface area (Å²) in [7, 11) is 1.27. The molecule has 1 aromatic carbocycles. The molecular formula is C13H16O5. The van der Waals surface area contributed by atoms with Crippen LogP contribution >= 0.6 is 0 Å². The number of rotatable bonds is 5. The molecular weight excluding hydrogens is 236 g/mol. The predicted molar refractivity (Wildman–Crippen MR) is 64.6 cm³/mol. The molecule has 18 heavy (non-hydrogen) atoms. The van der Waals surface area contributed by atoms with Crippen LogP contribution in [0.4, 0.5) is 0 Å². The van der Waals surface area contributed by atoms with E-state index in [1.807, 2.05) is 0 Å². The molecule has 0 aromatic heterocycles. The molecule has 0 saturated carbocycles. The Morgan fingerprint density at radius 1 is 1.22 bits per heavy atom. The lowest BCUT2D eigenvalue weighted by Crippen LogP contribution is -2.30. The first-order valence-corrected chi connectivity index (χ1v) is 5.41. The molecule has 5 heteroatoms. The van der Waals surface area contributed by atoms with Crippen molar-refractivity contribution in [3.63, 3.8) is 0 Å². The predicted octanol–water partition coefficient (Wildman–Crippen LogP) is 1.19. The number of ether oxygens (including phenoxy) is 2. The molecule has 0 atom stereocenters. The molecule has 98 valence electrons. The van der Waals surface area contributed by atoms with Gasteiger partial charge in [0.1, 0.15) is 11.4 Å². The van der Waals surface area contributed by atoms with Gasteiger partial charge >= 0.3 is 5.97 Å². The third-order valence-corrected chi connectivity index (χ3v) is 2.26. The highest BCUT2D eigenvalue weighted by atomic mass is 16.6. The van der Waals surface area contributed by atoms with Crippen LogP contribution in [0.5, 0.6) is 5.75 Å². The van der Waals surface area contributed by atoms with Gasteiger partial charge in [-0.15, -0.1) is 0 Å². The van der Waals surface area contributed by atoms with Crippen LogP contribution < -0.4 is 4.74 Å². The Labute approximate surface area is 105 Å². The number of carbonyl (C=O) groups excluding carboxylic acids is 2. The van der Waals surface area contributed by atoms with Gasteiger partial charge in [0.15, 0.2) is 12.4 Å². The Bertz CT molecular complexity index is 428. The summed E-state index contributed by atoms with van der Waals surface area (Å²) in [6.07, 6.45) is 0. The fourth-order valence-corrected chi connectivity index (χ4v) is 1.26. The number of ketones is 1. The van der Waals surface area contributed by atoms with Gasteiger partial charge in [-0.25, -0.2) is 4.79 Å². The zero-order valence-electron chi connectivity index (χ0n) is 10.6. The van der Waals surface area contributed by atoms with Crippen molar-refractivity contribution in [2.24, 2.45) is 0 Å². The van der Waals surface area contributed by atoms with E-state index in [1.165, 1.54) is 33.1 Å². The quantitative estimate of drug-likeness (QED) is 0.629. The Morgan fingerprint density at radius 2 is 1.78 bits per heavy atom. The highest BCUT2D eigenvalue weighted by Gasteiger charge is 2.24. The van der Waals surface area contributed by atoms with E-state index in [9.17, 15) is 14.7 Å². The van der Waals surface area contributed by atoms with E-state index in [0.717, 1.165) is 0 Å². The number of esters is 1. The van der Waals surface area contributed by atoms with Crippen LogP contribution in [-0.4, -0.2) is 36.2 Å². The normalized spacial score (nSPS) is 10.9. The molecule has 1 rings (SSSR count). The molecule has 0 unspecified atom stereocenters. The van der Waals surface area contributed by atoms with Crippen LogP contribution in [0.25, 0.3) is 0 Å². The van der Waals surface area contributed by atoms with Crippen molar-refractivity contribution in [2.45, 2.75) is 19.4 Å². The molecule has 0 amide bonds. The van der Waals surface area contributed by atoms with Gasteiger partial charge in [0.05, 0.1) is 7.11 Å². The summed E-state index contributed by atoms with van der Waals surface area (Å²) in [4.78, 5) is 22.6. The molecule has 0 saturated heterocycles. The summed E-state index contributed by atoms with van der Waals surface area (Å²) >= 11 is 0. The summed E-state index contributed by atoms with van der Waals surface area (Å²) in [5, 5.41) is 9.57. The maximum atomic E-state index is 11.7. The lowest BCUT2D eigenvalue weighted by Gasteiger charge is -2.15. The Morgan fingerprint density at radius 3 is 2.22 bits per heavy atom. The van der Waals surface area contributed by atoms with Gasteiger partial charge in [-0.05, 0) is 38.1 Å². The van der Waals surface area contributed by atoms with Gasteiger partial charge < -0.3 is 14.6 Å². The first-order chi connectivity index (χ1) is 8.34. The summed E-state index contributed by atoms with van der Waals surface area (Å²) in [6, 6.07) is 6.18. The first kappa shape index (κ1) is 14.2. The Balaban J connectivity index is 2.69. The van der Waals surface area contributed by atoms with E-state index in [-0.39, 0.29) is 12.4 Å². The zero-order chi connectivity index (χ0) is 13.8. The molecule has 1 N–H and O–H groups in total. The average molecular weight is 252 g/mol. The average Bonchev–Trinajstić information content (AvgIpc) is 2.34. The third kappa shape index (κ3) is 3.85. The molecule has 0 spiro atoms. The number of hydrogen-bond acceptors (Lipinski definition) is 5. The van der Waals surface area contributed by atoms with Crippen LogP contribution in [0, 0.1) is 0 Å². The summed E-state index contributed by atoms with van der Waals surface area (Å²) in [5.74, 6) is -0.402. The molecule has 0 aliphatic rings. The second-order valence-corrected chi connectivity index (χ2v) is 4.28. The number of aliphatic hydroxyl groups is 1. The van der Waals surface area contributed by atoms with Crippen molar-refractivity contribution in [3.8, 4) is 5.75 Å². The van der Waals surface area contributed by atoms with Crippen molar-refractivity contribution in [3.05, 3.63) is 29.8 Å². The minimum absolute atomic E-state index is 0.185. The van der Waals surface area contributed by atoms with E-state index in [0.29, 0.717) is 11.3 Å². The van der Waals surface area contributed by atoms with Crippen LogP contribution in [0.2, 0.25) is 0 Å². The van der Waals surface area contributed by atoms with Crippen molar-refractivity contribution in [2.75, 3.05) is 13.7 Å². The van der Waals surface area contributed by atoms with Crippen LogP contribution in [-0.2, 0) is 9.53 Å². The van der Waals surface area contributed by atoms with E-state index < -0.39 is 11.6 Å². The highest BCUT2D eigenvalue weighted by molar-refractivity contribution is 6.01. The van der Waals surface area contributed by atoms with E-state index in [4.69, 9.17) is 4.74 Å². The second-order valence-electron chi connectivity index (χ2n) is 4.28. The number of carbonyl (C=O) groups is 2. The topological polar surface area (TPSA) is 72.8 Å². The summed E-state index contributed by atoms with van der Waals surface area (Å²) in [5.41, 5.74) is -1.03. The number of benzene rings is 1. The third-order valence-electron chi connectivity index (χ3n) is 2.26. The lowest BCUT2D eigenvalue weighted by molar-refractivity contribution is -0.142. The molecule has 0 heterocycles. The Kier molecular flexibility index (Phi) is 4.44. The number of hydrogen-bond donors (Lipinski definition) is 1. The lowest BCUT2D eigenvalue weighted by atomic mass is 9.97. The van der Waals surface area contributed by atoms with Gasteiger partial charge in [-0.3, -0.25) is 4.79 Å². The molecule has 1 aromatic rings.